The third-order valence-corrected chi connectivity index (χ3v) is 9.21. The van der Waals surface area contributed by atoms with Gasteiger partial charge in [0.05, 0.1) is 36.0 Å². The molecule has 7 rings (SSSR count). The van der Waals surface area contributed by atoms with Crippen LogP contribution < -0.4 is 10.2 Å². The smallest absolute Gasteiger partial charge is 0.494 e. The first-order valence-electron chi connectivity index (χ1n) is 13.9. The molecule has 3 aromatic carbocycles. The maximum Gasteiger partial charge on any atom is 0.494 e. The number of hydrogen-bond donors (Lipinski definition) is 2. The van der Waals surface area contributed by atoms with E-state index >= 15 is 0 Å². The van der Waals surface area contributed by atoms with E-state index in [1.807, 2.05) is 30.3 Å². The Kier molecular flexibility index (Phi) is 6.42. The number of benzene rings is 3. The number of phenolic OH excluding ortho intramolecular Hbond substituents is 2. The van der Waals surface area contributed by atoms with Gasteiger partial charge in [-0.25, -0.2) is 0 Å². The summed E-state index contributed by atoms with van der Waals surface area (Å²) in [7, 11) is 2.52. The standard InChI is InChI=1S/C31H28BNO9S/c1-30(38-12-13-39-30)31-14-18-22(20(15-31)41-32(42-31)16-8-5-4-6-9-16)28(37)24-23(26(18)35)25(34)17-10-7-11-19(21(17)27(24)36)40-29(43)33(2)3/h4-11,20,35,37H,12-15H2,1-3H3/t20-,31-/m0/s1. The zero-order chi connectivity index (χ0) is 30.3. The van der Waals surface area contributed by atoms with E-state index in [4.69, 9.17) is 35.7 Å². The largest absolute Gasteiger partial charge is 0.507 e. The average Bonchev–Trinajstić information content (AvgIpc) is 3.45. The summed E-state index contributed by atoms with van der Waals surface area (Å²) in [5.41, 5.74) is -0.548. The zero-order valence-electron chi connectivity index (χ0n) is 23.7. The summed E-state index contributed by atoms with van der Waals surface area (Å²) in [6.45, 7) is 2.49. The fourth-order valence-electron chi connectivity index (χ4n) is 6.58. The normalized spacial score (nSPS) is 23.3. The van der Waals surface area contributed by atoms with Crippen molar-refractivity contribution >= 4 is 41.5 Å². The van der Waals surface area contributed by atoms with E-state index in [-0.39, 0.29) is 57.1 Å². The first-order valence-corrected chi connectivity index (χ1v) is 14.3. The second kappa shape index (κ2) is 9.86. The molecule has 2 bridgehead atoms. The lowest BCUT2D eigenvalue weighted by Crippen LogP contribution is -2.65. The Labute approximate surface area is 253 Å². The van der Waals surface area contributed by atoms with Gasteiger partial charge >= 0.3 is 7.12 Å². The maximum atomic E-state index is 14.1. The molecule has 0 saturated carbocycles. The fraction of sp³-hybridized carbons (Fsp3) is 0.323. The molecule has 12 heteroatoms. The average molecular weight is 601 g/mol. The van der Waals surface area contributed by atoms with Crippen LogP contribution in [0, 0.1) is 0 Å². The molecule has 2 heterocycles. The highest BCUT2D eigenvalue weighted by Crippen LogP contribution is 2.57. The maximum absolute atomic E-state index is 14.1. The molecule has 0 amide bonds. The Balaban J connectivity index is 1.41. The molecular formula is C31H28BNO9S. The Hall–Kier alpha value is -3.81. The van der Waals surface area contributed by atoms with Crippen LogP contribution in [0.15, 0.2) is 48.5 Å². The van der Waals surface area contributed by atoms with E-state index in [2.05, 4.69) is 0 Å². The molecule has 2 aliphatic carbocycles. The molecule has 3 aromatic rings. The van der Waals surface area contributed by atoms with Crippen LogP contribution in [0.25, 0.3) is 0 Å². The lowest BCUT2D eigenvalue weighted by molar-refractivity contribution is -0.273. The van der Waals surface area contributed by atoms with Gasteiger partial charge in [-0.05, 0) is 30.7 Å². The van der Waals surface area contributed by atoms with Gasteiger partial charge in [0.25, 0.3) is 5.17 Å². The number of ketones is 2. The molecule has 2 fully saturated rings. The van der Waals surface area contributed by atoms with Crippen molar-refractivity contribution in [2.24, 2.45) is 0 Å². The third kappa shape index (κ3) is 4.05. The van der Waals surface area contributed by atoms with Gasteiger partial charge < -0.3 is 38.6 Å². The Morgan fingerprint density at radius 3 is 2.37 bits per heavy atom. The number of fused-ring (bicyclic) bond motifs is 6. The van der Waals surface area contributed by atoms with Gasteiger partial charge in [0.15, 0.2) is 11.6 Å². The SMILES string of the molecule is CN(C)C(=S)Oc1cccc2c1C(=O)c1c(O)c3c(c(O)c1C2=O)C[C@@]1(C2(C)OCCO2)C[C@@H]3OB(c2ccccc2)O1. The molecule has 220 valence electrons. The number of thiocarbonyl (C=S) groups is 1. The van der Waals surface area contributed by atoms with Crippen molar-refractivity contribution in [2.45, 2.75) is 37.3 Å². The van der Waals surface area contributed by atoms with Crippen LogP contribution in [0.5, 0.6) is 17.2 Å². The minimum atomic E-state index is -1.21. The van der Waals surface area contributed by atoms with Crippen LogP contribution in [0.2, 0.25) is 0 Å². The Morgan fingerprint density at radius 1 is 0.977 bits per heavy atom. The number of carbonyl (C=O) groups is 2. The molecule has 2 aliphatic heterocycles. The number of aromatic hydroxyl groups is 2. The van der Waals surface area contributed by atoms with E-state index in [1.165, 1.54) is 12.1 Å². The van der Waals surface area contributed by atoms with Crippen LogP contribution >= 0.6 is 12.2 Å². The molecule has 2 saturated heterocycles. The Morgan fingerprint density at radius 2 is 1.67 bits per heavy atom. The van der Waals surface area contributed by atoms with E-state index in [0.717, 1.165) is 5.46 Å². The lowest BCUT2D eigenvalue weighted by atomic mass is 9.65. The zero-order valence-corrected chi connectivity index (χ0v) is 24.5. The van der Waals surface area contributed by atoms with Crippen LogP contribution in [-0.2, 0) is 25.2 Å². The Bertz CT molecular complexity index is 1710. The summed E-state index contributed by atoms with van der Waals surface area (Å²) in [5.74, 6) is -3.28. The van der Waals surface area contributed by atoms with Crippen LogP contribution in [-0.4, -0.2) is 77.7 Å². The van der Waals surface area contributed by atoms with Gasteiger partial charge in [0.2, 0.25) is 5.78 Å². The number of carbonyl (C=O) groups excluding carboxylic acids is 2. The minimum Gasteiger partial charge on any atom is -0.507 e. The predicted octanol–water partition coefficient (Wildman–Crippen LogP) is 3.03. The summed E-state index contributed by atoms with van der Waals surface area (Å²) in [5, 5.41) is 23.7. The first kappa shape index (κ1) is 28.0. The molecule has 0 radical (unpaired) electrons. The van der Waals surface area contributed by atoms with Gasteiger partial charge in [0, 0.05) is 43.6 Å². The molecule has 0 spiro atoms. The topological polar surface area (TPSA) is 124 Å². The van der Waals surface area contributed by atoms with Crippen LogP contribution in [0.3, 0.4) is 0 Å². The molecule has 0 aromatic heterocycles. The number of nitrogens with zero attached hydrogens (tertiary/aromatic N) is 1. The van der Waals surface area contributed by atoms with Crippen molar-refractivity contribution < 1.29 is 43.3 Å². The van der Waals surface area contributed by atoms with E-state index < -0.39 is 47.7 Å². The van der Waals surface area contributed by atoms with Crippen molar-refractivity contribution in [1.82, 2.24) is 4.90 Å². The van der Waals surface area contributed by atoms with Gasteiger partial charge in [-0.1, -0.05) is 42.5 Å². The molecule has 43 heavy (non-hydrogen) atoms. The summed E-state index contributed by atoms with van der Waals surface area (Å²) < 4.78 is 31.0. The van der Waals surface area contributed by atoms with Gasteiger partial charge in [-0.2, -0.15) is 0 Å². The molecular weight excluding hydrogens is 573 g/mol. The second-order valence-electron chi connectivity index (χ2n) is 11.4. The predicted molar refractivity (Wildman–Crippen MR) is 158 cm³/mol. The second-order valence-corrected chi connectivity index (χ2v) is 11.8. The summed E-state index contributed by atoms with van der Waals surface area (Å²) in [4.78, 5) is 29.6. The quantitative estimate of drug-likeness (QED) is 0.205. The fourth-order valence-corrected chi connectivity index (χ4v) is 6.67. The van der Waals surface area contributed by atoms with Crippen molar-refractivity contribution in [3.8, 4) is 17.2 Å². The van der Waals surface area contributed by atoms with Crippen molar-refractivity contribution in [2.75, 3.05) is 27.3 Å². The van der Waals surface area contributed by atoms with Crippen LogP contribution in [0.1, 0.15) is 62.4 Å². The number of phenols is 2. The summed E-state index contributed by atoms with van der Waals surface area (Å²) >= 11 is 5.27. The third-order valence-electron chi connectivity index (χ3n) is 8.76. The highest BCUT2D eigenvalue weighted by molar-refractivity contribution is 7.80. The number of rotatable bonds is 3. The summed E-state index contributed by atoms with van der Waals surface area (Å²) in [6.07, 6.45) is -0.598. The first-order chi connectivity index (χ1) is 20.5. The monoisotopic (exact) mass is 601 g/mol. The van der Waals surface area contributed by atoms with E-state index in [9.17, 15) is 19.8 Å². The van der Waals surface area contributed by atoms with E-state index in [0.29, 0.717) is 13.2 Å². The van der Waals surface area contributed by atoms with Gasteiger partial charge in [-0.15, -0.1) is 0 Å². The van der Waals surface area contributed by atoms with Crippen LogP contribution in [0.4, 0.5) is 0 Å². The molecule has 2 atom stereocenters. The lowest BCUT2D eigenvalue weighted by Gasteiger charge is -2.54. The molecule has 0 unspecified atom stereocenters. The highest BCUT2D eigenvalue weighted by atomic mass is 32.1. The molecule has 2 N–H and O–H groups in total. The number of hydrogen-bond acceptors (Lipinski definition) is 10. The van der Waals surface area contributed by atoms with Crippen molar-refractivity contribution in [3.63, 3.8) is 0 Å². The summed E-state index contributed by atoms with van der Waals surface area (Å²) in [6, 6.07) is 13.9. The van der Waals surface area contributed by atoms with Gasteiger partial charge in [-0.3, -0.25) is 9.59 Å². The van der Waals surface area contributed by atoms with Crippen molar-refractivity contribution in [3.05, 3.63) is 81.9 Å². The van der Waals surface area contributed by atoms with Gasteiger partial charge in [0.1, 0.15) is 22.8 Å². The minimum absolute atomic E-state index is 0.0305. The van der Waals surface area contributed by atoms with E-state index in [1.54, 1.807) is 32.0 Å². The molecule has 10 nitrogen and oxygen atoms in total. The molecule has 4 aliphatic rings. The number of ether oxygens (including phenoxy) is 3. The van der Waals surface area contributed by atoms with Crippen molar-refractivity contribution in [1.29, 1.82) is 0 Å². The highest BCUT2D eigenvalue weighted by Gasteiger charge is 2.63.